The van der Waals surface area contributed by atoms with E-state index in [4.69, 9.17) is 11.6 Å². The Morgan fingerprint density at radius 3 is 2.46 bits per heavy atom. The fourth-order valence-corrected chi connectivity index (χ4v) is 3.50. The van der Waals surface area contributed by atoms with Crippen molar-refractivity contribution in [3.05, 3.63) is 23.2 Å². The van der Waals surface area contributed by atoms with E-state index in [2.05, 4.69) is 12.2 Å². The number of anilines is 1. The second-order valence-corrected chi connectivity index (χ2v) is 8.23. The molecule has 0 saturated heterocycles. The predicted octanol–water partition coefficient (Wildman–Crippen LogP) is 2.65. The number of nitrogens with zero attached hydrogens (tertiary/aromatic N) is 2. The van der Waals surface area contributed by atoms with E-state index in [0.717, 1.165) is 30.2 Å². The monoisotopic (exact) mass is 375 g/mol. The van der Waals surface area contributed by atoms with Crippen LogP contribution in [0.1, 0.15) is 26.7 Å². The Bertz CT molecular complexity index is 663. The molecule has 0 atom stereocenters. The van der Waals surface area contributed by atoms with Crippen LogP contribution in [0.3, 0.4) is 0 Å². The molecule has 0 fully saturated rings. The molecule has 136 valence electrons. The molecule has 8 heteroatoms. The number of carbonyl (C=O) groups is 1. The van der Waals surface area contributed by atoms with E-state index in [1.165, 1.54) is 26.2 Å². The van der Waals surface area contributed by atoms with Gasteiger partial charge in [-0.3, -0.25) is 9.69 Å². The summed E-state index contributed by atoms with van der Waals surface area (Å²) in [6.07, 6.45) is 2.11. The van der Waals surface area contributed by atoms with Crippen LogP contribution in [0.25, 0.3) is 0 Å². The molecular weight excluding hydrogens is 350 g/mol. The molecule has 1 aromatic carbocycles. The molecule has 6 nitrogen and oxygen atoms in total. The third-order valence-corrected chi connectivity index (χ3v) is 5.91. The number of carbonyl (C=O) groups excluding carboxylic acids is 1. The zero-order chi connectivity index (χ0) is 18.3. The van der Waals surface area contributed by atoms with Gasteiger partial charge < -0.3 is 5.32 Å². The van der Waals surface area contributed by atoms with Crippen molar-refractivity contribution in [3.63, 3.8) is 0 Å². The second-order valence-electron chi connectivity index (χ2n) is 5.70. The van der Waals surface area contributed by atoms with Crippen LogP contribution in [-0.4, -0.2) is 57.3 Å². The maximum Gasteiger partial charge on any atom is 0.244 e. The minimum Gasteiger partial charge on any atom is -0.325 e. The molecule has 0 spiro atoms. The average Bonchev–Trinajstić information content (AvgIpc) is 2.52. The number of unbranched alkanes of at least 4 members (excludes halogenated alkanes) is 1. The standard InChI is InChI=1S/C16H26ClN3O3S/c1-5-7-10-20(6-2)12-16(21)18-13-8-9-14(17)15(11-13)24(22,23)19(3)4/h8-9,11H,5-7,10,12H2,1-4H3,(H,18,21). The van der Waals surface area contributed by atoms with Crippen LogP contribution in [0.5, 0.6) is 0 Å². The zero-order valence-corrected chi connectivity index (χ0v) is 16.2. The van der Waals surface area contributed by atoms with Gasteiger partial charge in [-0.25, -0.2) is 12.7 Å². The Morgan fingerprint density at radius 2 is 1.92 bits per heavy atom. The second kappa shape index (κ2) is 9.36. The summed E-state index contributed by atoms with van der Waals surface area (Å²) < 4.78 is 25.6. The van der Waals surface area contributed by atoms with Gasteiger partial charge in [0, 0.05) is 19.8 Å². The summed E-state index contributed by atoms with van der Waals surface area (Å²) in [5, 5.41) is 2.86. The summed E-state index contributed by atoms with van der Waals surface area (Å²) in [6.45, 7) is 6.03. The third-order valence-electron chi connectivity index (χ3n) is 3.62. The van der Waals surface area contributed by atoms with E-state index in [0.29, 0.717) is 5.69 Å². The SMILES string of the molecule is CCCCN(CC)CC(=O)Nc1ccc(Cl)c(S(=O)(=O)N(C)C)c1. The first kappa shape index (κ1) is 20.9. The minimum absolute atomic E-state index is 0.0229. The number of benzene rings is 1. The molecule has 0 bridgehead atoms. The first-order valence-corrected chi connectivity index (χ1v) is 9.78. The van der Waals surface area contributed by atoms with Crippen molar-refractivity contribution >= 4 is 33.2 Å². The van der Waals surface area contributed by atoms with Gasteiger partial charge in [0.15, 0.2) is 0 Å². The highest BCUT2D eigenvalue weighted by molar-refractivity contribution is 7.89. The largest absolute Gasteiger partial charge is 0.325 e. The quantitative estimate of drug-likeness (QED) is 0.720. The summed E-state index contributed by atoms with van der Waals surface area (Å²) in [6, 6.07) is 4.46. The number of amides is 1. The van der Waals surface area contributed by atoms with Crippen molar-refractivity contribution in [2.24, 2.45) is 0 Å². The molecule has 0 aliphatic rings. The van der Waals surface area contributed by atoms with Gasteiger partial charge in [-0.05, 0) is 37.7 Å². The van der Waals surface area contributed by atoms with Gasteiger partial charge in [0.25, 0.3) is 0 Å². The van der Waals surface area contributed by atoms with Gasteiger partial charge in [0.1, 0.15) is 4.90 Å². The molecule has 0 heterocycles. The summed E-state index contributed by atoms with van der Waals surface area (Å²) in [5.74, 6) is -0.177. The lowest BCUT2D eigenvalue weighted by atomic mass is 10.3. The highest BCUT2D eigenvalue weighted by Crippen LogP contribution is 2.26. The van der Waals surface area contributed by atoms with Crippen molar-refractivity contribution in [2.75, 3.05) is 39.0 Å². The van der Waals surface area contributed by atoms with Gasteiger partial charge >= 0.3 is 0 Å². The van der Waals surface area contributed by atoms with Gasteiger partial charge in [0.2, 0.25) is 15.9 Å². The summed E-state index contributed by atoms with van der Waals surface area (Å²) in [5.41, 5.74) is 0.413. The molecule has 1 rings (SSSR count). The van der Waals surface area contributed by atoms with Crippen LogP contribution in [0, 0.1) is 0 Å². The Labute approximate surface area is 149 Å². The van der Waals surface area contributed by atoms with Crippen LogP contribution in [0.15, 0.2) is 23.1 Å². The lowest BCUT2D eigenvalue weighted by molar-refractivity contribution is -0.117. The zero-order valence-electron chi connectivity index (χ0n) is 14.7. The Morgan fingerprint density at radius 1 is 1.25 bits per heavy atom. The van der Waals surface area contributed by atoms with E-state index >= 15 is 0 Å². The first-order valence-electron chi connectivity index (χ1n) is 7.96. The molecule has 0 aliphatic heterocycles. The van der Waals surface area contributed by atoms with Gasteiger partial charge in [-0.1, -0.05) is 31.9 Å². The van der Waals surface area contributed by atoms with Gasteiger partial charge in [-0.15, -0.1) is 0 Å². The molecule has 1 aromatic rings. The van der Waals surface area contributed by atoms with E-state index in [9.17, 15) is 13.2 Å². The maximum atomic E-state index is 12.3. The van der Waals surface area contributed by atoms with Crippen molar-refractivity contribution in [2.45, 2.75) is 31.6 Å². The first-order chi connectivity index (χ1) is 11.2. The van der Waals surface area contributed by atoms with Crippen molar-refractivity contribution in [1.82, 2.24) is 9.21 Å². The summed E-state index contributed by atoms with van der Waals surface area (Å²) >= 11 is 6.00. The molecule has 1 N–H and O–H groups in total. The number of rotatable bonds is 9. The van der Waals surface area contributed by atoms with E-state index in [-0.39, 0.29) is 22.4 Å². The topological polar surface area (TPSA) is 69.7 Å². The fraction of sp³-hybridized carbons (Fsp3) is 0.562. The summed E-state index contributed by atoms with van der Waals surface area (Å²) in [7, 11) is -0.797. The van der Waals surface area contributed by atoms with Crippen LogP contribution in [0.4, 0.5) is 5.69 Å². The lowest BCUT2D eigenvalue weighted by Crippen LogP contribution is -2.33. The Balaban J connectivity index is 2.87. The number of hydrogen-bond donors (Lipinski definition) is 1. The van der Waals surface area contributed by atoms with Gasteiger partial charge in [0.05, 0.1) is 11.6 Å². The van der Waals surface area contributed by atoms with Crippen LogP contribution in [-0.2, 0) is 14.8 Å². The fourth-order valence-electron chi connectivity index (χ4n) is 2.11. The third kappa shape index (κ3) is 5.73. The number of likely N-dealkylation sites (N-methyl/N-ethyl adjacent to an activating group) is 1. The van der Waals surface area contributed by atoms with E-state index in [1.54, 1.807) is 6.07 Å². The minimum atomic E-state index is -3.67. The van der Waals surface area contributed by atoms with E-state index in [1.807, 2.05) is 11.8 Å². The molecule has 0 unspecified atom stereocenters. The maximum absolute atomic E-state index is 12.3. The number of hydrogen-bond acceptors (Lipinski definition) is 4. The molecular formula is C16H26ClN3O3S. The van der Waals surface area contributed by atoms with E-state index < -0.39 is 10.0 Å². The molecule has 0 radical (unpaired) electrons. The highest BCUT2D eigenvalue weighted by atomic mass is 35.5. The normalized spacial score (nSPS) is 12.0. The van der Waals surface area contributed by atoms with Crippen molar-refractivity contribution < 1.29 is 13.2 Å². The predicted molar refractivity (Wildman–Crippen MR) is 98.0 cm³/mol. The van der Waals surface area contributed by atoms with Crippen molar-refractivity contribution in [1.29, 1.82) is 0 Å². The van der Waals surface area contributed by atoms with Crippen LogP contribution in [0.2, 0.25) is 5.02 Å². The number of halogens is 1. The smallest absolute Gasteiger partial charge is 0.244 e. The van der Waals surface area contributed by atoms with Crippen LogP contribution >= 0.6 is 11.6 Å². The highest BCUT2D eigenvalue weighted by Gasteiger charge is 2.21. The number of sulfonamides is 1. The molecule has 0 aromatic heterocycles. The lowest BCUT2D eigenvalue weighted by Gasteiger charge is -2.19. The average molecular weight is 376 g/mol. The Kier molecular flexibility index (Phi) is 8.15. The van der Waals surface area contributed by atoms with Crippen molar-refractivity contribution in [3.8, 4) is 0 Å². The Hall–Kier alpha value is -1.15. The molecule has 0 aliphatic carbocycles. The molecule has 24 heavy (non-hydrogen) atoms. The molecule has 1 amide bonds. The number of nitrogens with one attached hydrogen (secondary N) is 1. The van der Waals surface area contributed by atoms with Gasteiger partial charge in [-0.2, -0.15) is 0 Å². The summed E-state index contributed by atoms with van der Waals surface area (Å²) in [4.78, 5) is 14.2. The molecule has 0 saturated carbocycles. The van der Waals surface area contributed by atoms with Crippen LogP contribution < -0.4 is 5.32 Å².